The highest BCUT2D eigenvalue weighted by Crippen LogP contribution is 2.13. The Morgan fingerprint density at radius 2 is 1.90 bits per heavy atom. The molecule has 0 spiro atoms. The Balaban J connectivity index is 1.93. The number of nitrogens with zero attached hydrogens (tertiary/aromatic N) is 2. The molecule has 20 heavy (non-hydrogen) atoms. The summed E-state index contributed by atoms with van der Waals surface area (Å²) in [4.78, 5) is 8.68. The van der Waals surface area contributed by atoms with Gasteiger partial charge in [0.15, 0.2) is 0 Å². The van der Waals surface area contributed by atoms with E-state index >= 15 is 0 Å². The Morgan fingerprint density at radius 3 is 2.60 bits per heavy atom. The lowest BCUT2D eigenvalue weighted by Crippen LogP contribution is -2.10. The van der Waals surface area contributed by atoms with E-state index in [9.17, 15) is 0 Å². The molecule has 0 atom stereocenters. The third-order valence-electron chi connectivity index (χ3n) is 2.93. The van der Waals surface area contributed by atoms with E-state index in [1.54, 1.807) is 0 Å². The molecule has 5 heteroatoms. The Labute approximate surface area is 124 Å². The Hall–Kier alpha value is -1.81. The molecule has 1 aromatic carbocycles. The summed E-state index contributed by atoms with van der Waals surface area (Å²) in [5.41, 5.74) is 2.29. The topological polar surface area (TPSA) is 49.8 Å². The van der Waals surface area contributed by atoms with Crippen molar-refractivity contribution in [1.29, 1.82) is 0 Å². The molecular weight excluding hydrogens is 272 g/mol. The van der Waals surface area contributed by atoms with Crippen molar-refractivity contribution in [1.82, 2.24) is 9.97 Å². The van der Waals surface area contributed by atoms with Gasteiger partial charge < -0.3 is 10.6 Å². The van der Waals surface area contributed by atoms with Crippen LogP contribution in [0.5, 0.6) is 0 Å². The third-order valence-corrected chi connectivity index (χ3v) is 3.18. The smallest absolute Gasteiger partial charge is 0.224 e. The van der Waals surface area contributed by atoms with Crippen LogP contribution in [0.25, 0.3) is 0 Å². The second kappa shape index (κ2) is 7.10. The monoisotopic (exact) mass is 290 g/mol. The van der Waals surface area contributed by atoms with Crippen molar-refractivity contribution in [3.63, 3.8) is 0 Å². The summed E-state index contributed by atoms with van der Waals surface area (Å²) in [6.45, 7) is 5.66. The van der Waals surface area contributed by atoms with Crippen molar-refractivity contribution in [3.8, 4) is 0 Å². The van der Waals surface area contributed by atoms with Gasteiger partial charge in [-0.3, -0.25) is 0 Å². The van der Waals surface area contributed by atoms with Crippen molar-refractivity contribution in [2.24, 2.45) is 0 Å². The van der Waals surface area contributed by atoms with E-state index in [4.69, 9.17) is 11.6 Å². The van der Waals surface area contributed by atoms with Crippen LogP contribution in [0.15, 0.2) is 30.5 Å². The Morgan fingerprint density at radius 1 is 1.15 bits per heavy atom. The van der Waals surface area contributed by atoms with Crippen LogP contribution in [0.2, 0.25) is 5.02 Å². The van der Waals surface area contributed by atoms with Crippen LogP contribution in [0.4, 0.5) is 11.8 Å². The molecule has 1 heterocycles. The normalized spacial score (nSPS) is 10.3. The highest BCUT2D eigenvalue weighted by Gasteiger charge is 2.02. The highest BCUT2D eigenvalue weighted by atomic mass is 35.5. The van der Waals surface area contributed by atoms with E-state index in [-0.39, 0.29) is 0 Å². The van der Waals surface area contributed by atoms with Gasteiger partial charge in [0.2, 0.25) is 5.95 Å². The molecule has 0 bridgehead atoms. The number of benzene rings is 1. The predicted octanol–water partition coefficient (Wildman–Crippen LogP) is 3.52. The maximum absolute atomic E-state index is 5.87. The Bertz CT molecular complexity index is 554. The SMILES string of the molecule is CCNc1ncc(C)c(NCCc2ccc(Cl)cc2)n1. The minimum Gasteiger partial charge on any atom is -0.369 e. The summed E-state index contributed by atoms with van der Waals surface area (Å²) in [6.07, 6.45) is 2.76. The molecule has 0 fully saturated rings. The molecule has 0 aliphatic rings. The molecule has 0 aliphatic heterocycles. The maximum Gasteiger partial charge on any atom is 0.224 e. The number of rotatable bonds is 6. The summed E-state index contributed by atoms with van der Waals surface area (Å²) in [5, 5.41) is 7.23. The first-order chi connectivity index (χ1) is 9.69. The van der Waals surface area contributed by atoms with Gasteiger partial charge in [0.05, 0.1) is 0 Å². The van der Waals surface area contributed by atoms with E-state index < -0.39 is 0 Å². The molecular formula is C15H19ClN4. The van der Waals surface area contributed by atoms with Crippen molar-refractivity contribution >= 4 is 23.4 Å². The molecule has 0 unspecified atom stereocenters. The minimum atomic E-state index is 0.659. The van der Waals surface area contributed by atoms with Gasteiger partial charge in [0.1, 0.15) is 5.82 Å². The number of halogens is 1. The average Bonchev–Trinajstić information content (AvgIpc) is 2.45. The lowest BCUT2D eigenvalue weighted by Gasteiger charge is -2.10. The zero-order chi connectivity index (χ0) is 14.4. The summed E-state index contributed by atoms with van der Waals surface area (Å²) in [6, 6.07) is 7.91. The summed E-state index contributed by atoms with van der Waals surface area (Å²) >= 11 is 5.87. The summed E-state index contributed by atoms with van der Waals surface area (Å²) in [7, 11) is 0. The molecule has 2 N–H and O–H groups in total. The lowest BCUT2D eigenvalue weighted by molar-refractivity contribution is 0.987. The van der Waals surface area contributed by atoms with Crippen LogP contribution in [0.1, 0.15) is 18.1 Å². The molecule has 106 valence electrons. The van der Waals surface area contributed by atoms with Crippen LogP contribution >= 0.6 is 11.6 Å². The zero-order valence-electron chi connectivity index (χ0n) is 11.8. The van der Waals surface area contributed by atoms with Gasteiger partial charge in [-0.1, -0.05) is 23.7 Å². The van der Waals surface area contributed by atoms with Crippen molar-refractivity contribution in [2.45, 2.75) is 20.3 Å². The summed E-state index contributed by atoms with van der Waals surface area (Å²) in [5.74, 6) is 1.54. The molecule has 0 amide bonds. The van der Waals surface area contributed by atoms with Crippen LogP contribution in [-0.2, 0) is 6.42 Å². The fourth-order valence-corrected chi connectivity index (χ4v) is 1.97. The van der Waals surface area contributed by atoms with Crippen LogP contribution in [0.3, 0.4) is 0 Å². The molecule has 1 aromatic heterocycles. The predicted molar refractivity (Wildman–Crippen MR) is 84.6 cm³/mol. The number of nitrogens with one attached hydrogen (secondary N) is 2. The van der Waals surface area contributed by atoms with Crippen molar-refractivity contribution in [2.75, 3.05) is 23.7 Å². The summed E-state index contributed by atoms with van der Waals surface area (Å²) < 4.78 is 0. The van der Waals surface area contributed by atoms with E-state index in [0.29, 0.717) is 5.95 Å². The van der Waals surface area contributed by atoms with Crippen molar-refractivity contribution in [3.05, 3.63) is 46.6 Å². The number of aryl methyl sites for hydroxylation is 1. The van der Waals surface area contributed by atoms with E-state index in [1.807, 2.05) is 44.3 Å². The van der Waals surface area contributed by atoms with E-state index in [2.05, 4.69) is 20.6 Å². The second-order valence-corrected chi connectivity index (χ2v) is 5.00. The number of hydrogen-bond acceptors (Lipinski definition) is 4. The van der Waals surface area contributed by atoms with Gasteiger partial charge in [-0.25, -0.2) is 4.98 Å². The first kappa shape index (κ1) is 14.6. The largest absolute Gasteiger partial charge is 0.369 e. The van der Waals surface area contributed by atoms with Crippen LogP contribution < -0.4 is 10.6 Å². The number of aromatic nitrogens is 2. The Kier molecular flexibility index (Phi) is 5.18. The quantitative estimate of drug-likeness (QED) is 0.854. The minimum absolute atomic E-state index is 0.659. The number of hydrogen-bond donors (Lipinski definition) is 2. The highest BCUT2D eigenvalue weighted by molar-refractivity contribution is 6.30. The molecule has 2 rings (SSSR count). The fraction of sp³-hybridized carbons (Fsp3) is 0.333. The molecule has 0 radical (unpaired) electrons. The maximum atomic E-state index is 5.87. The van der Waals surface area contributed by atoms with Gasteiger partial charge in [-0.2, -0.15) is 4.98 Å². The van der Waals surface area contributed by atoms with Gasteiger partial charge in [0, 0.05) is 29.9 Å². The van der Waals surface area contributed by atoms with Gasteiger partial charge in [-0.15, -0.1) is 0 Å². The second-order valence-electron chi connectivity index (χ2n) is 4.56. The van der Waals surface area contributed by atoms with Crippen LogP contribution in [-0.4, -0.2) is 23.1 Å². The molecule has 2 aromatic rings. The van der Waals surface area contributed by atoms with Gasteiger partial charge in [-0.05, 0) is 38.0 Å². The average molecular weight is 291 g/mol. The van der Waals surface area contributed by atoms with E-state index in [0.717, 1.165) is 35.9 Å². The standard InChI is InChI=1S/C15H19ClN4/c1-3-17-15-19-10-11(2)14(20-15)18-9-8-12-4-6-13(16)7-5-12/h4-7,10H,3,8-9H2,1-2H3,(H2,17,18,19,20). The fourth-order valence-electron chi connectivity index (χ4n) is 1.84. The first-order valence-electron chi connectivity index (χ1n) is 6.75. The molecule has 0 saturated carbocycles. The first-order valence-corrected chi connectivity index (χ1v) is 7.12. The molecule has 0 saturated heterocycles. The van der Waals surface area contributed by atoms with E-state index in [1.165, 1.54) is 5.56 Å². The van der Waals surface area contributed by atoms with Crippen molar-refractivity contribution < 1.29 is 0 Å². The number of anilines is 2. The molecule has 4 nitrogen and oxygen atoms in total. The lowest BCUT2D eigenvalue weighted by atomic mass is 10.1. The zero-order valence-corrected chi connectivity index (χ0v) is 12.5. The molecule has 0 aliphatic carbocycles. The third kappa shape index (κ3) is 4.10. The van der Waals surface area contributed by atoms with Crippen LogP contribution in [0, 0.1) is 6.92 Å². The van der Waals surface area contributed by atoms with Gasteiger partial charge >= 0.3 is 0 Å². The van der Waals surface area contributed by atoms with Gasteiger partial charge in [0.25, 0.3) is 0 Å².